The summed E-state index contributed by atoms with van der Waals surface area (Å²) in [5, 5.41) is 1.98. The molecule has 0 radical (unpaired) electrons. The molecule has 20 heavy (non-hydrogen) atoms. The van der Waals surface area contributed by atoms with Crippen molar-refractivity contribution in [1.29, 1.82) is 0 Å². The minimum absolute atomic E-state index is 0. The quantitative estimate of drug-likeness (QED) is 0.893. The number of benzene rings is 1. The van der Waals surface area contributed by atoms with Crippen LogP contribution in [0.5, 0.6) is 5.75 Å². The van der Waals surface area contributed by atoms with Gasteiger partial charge >= 0.3 is 0 Å². The number of nitrogens with two attached hydrogens (primary N) is 2. The molecule has 0 atom stereocenters. The molecule has 1 aliphatic carbocycles. The van der Waals surface area contributed by atoms with E-state index < -0.39 is 0 Å². The Hall–Kier alpha value is -1.52. The number of rotatable bonds is 2. The minimum Gasteiger partial charge on any atom is -0.490 e. The molecule has 0 aliphatic heterocycles. The Kier molecular flexibility index (Phi) is 4.68. The molecule has 1 aromatic carbocycles. The van der Waals surface area contributed by atoms with E-state index in [1.165, 1.54) is 0 Å². The van der Waals surface area contributed by atoms with E-state index in [1.54, 1.807) is 6.20 Å². The van der Waals surface area contributed by atoms with Crippen molar-refractivity contribution in [3.05, 3.63) is 30.6 Å². The van der Waals surface area contributed by atoms with Crippen molar-refractivity contribution >= 4 is 28.9 Å². The number of pyridine rings is 1. The molecule has 1 aromatic heterocycles. The fourth-order valence-electron chi connectivity index (χ4n) is 2.71. The van der Waals surface area contributed by atoms with E-state index in [0.29, 0.717) is 11.7 Å². The van der Waals surface area contributed by atoms with Crippen LogP contribution in [0.15, 0.2) is 30.6 Å². The summed E-state index contributed by atoms with van der Waals surface area (Å²) >= 11 is 0. The molecule has 1 aliphatic rings. The third-order valence-corrected chi connectivity index (χ3v) is 3.79. The second-order valence-corrected chi connectivity index (χ2v) is 5.24. The van der Waals surface area contributed by atoms with Crippen molar-refractivity contribution in [3.8, 4) is 5.75 Å². The maximum absolute atomic E-state index is 6.13. The first-order valence-corrected chi connectivity index (χ1v) is 6.78. The van der Waals surface area contributed by atoms with Gasteiger partial charge in [0.1, 0.15) is 5.75 Å². The van der Waals surface area contributed by atoms with Crippen LogP contribution in [-0.4, -0.2) is 17.1 Å². The Morgan fingerprint density at radius 1 is 1.10 bits per heavy atom. The number of anilines is 1. The number of hydrogen-bond acceptors (Lipinski definition) is 4. The Bertz CT molecular complexity index is 577. The van der Waals surface area contributed by atoms with E-state index in [9.17, 15) is 0 Å². The number of aromatic nitrogens is 1. The van der Waals surface area contributed by atoms with Crippen LogP contribution < -0.4 is 16.2 Å². The molecule has 0 bridgehead atoms. The SMILES string of the molecule is Cl.Nc1cncc2cccc(O[C@H]3CC[C@H](N)CC3)c12. The first-order chi connectivity index (χ1) is 9.24. The van der Waals surface area contributed by atoms with Gasteiger partial charge in [-0.15, -0.1) is 12.4 Å². The number of nitrogen functional groups attached to an aromatic ring is 1. The van der Waals surface area contributed by atoms with Gasteiger partial charge in [-0.05, 0) is 31.7 Å². The van der Waals surface area contributed by atoms with Gasteiger partial charge in [-0.1, -0.05) is 12.1 Å². The maximum atomic E-state index is 6.13. The van der Waals surface area contributed by atoms with Crippen LogP contribution in [0.2, 0.25) is 0 Å². The molecule has 0 unspecified atom stereocenters. The molecule has 0 amide bonds. The average Bonchev–Trinajstić information content (AvgIpc) is 2.42. The topological polar surface area (TPSA) is 74.2 Å². The van der Waals surface area contributed by atoms with Gasteiger partial charge in [-0.2, -0.15) is 0 Å². The Morgan fingerprint density at radius 2 is 1.85 bits per heavy atom. The van der Waals surface area contributed by atoms with E-state index in [2.05, 4.69) is 4.98 Å². The summed E-state index contributed by atoms with van der Waals surface area (Å²) < 4.78 is 6.13. The van der Waals surface area contributed by atoms with Gasteiger partial charge in [-0.3, -0.25) is 4.98 Å². The molecular formula is C15H20ClN3O. The van der Waals surface area contributed by atoms with Crippen LogP contribution in [0.4, 0.5) is 5.69 Å². The molecule has 4 nitrogen and oxygen atoms in total. The minimum atomic E-state index is 0. The fourth-order valence-corrected chi connectivity index (χ4v) is 2.71. The number of fused-ring (bicyclic) bond motifs is 1. The van der Waals surface area contributed by atoms with Crippen molar-refractivity contribution in [1.82, 2.24) is 4.98 Å². The highest BCUT2D eigenvalue weighted by Crippen LogP contribution is 2.32. The molecule has 0 saturated heterocycles. The van der Waals surface area contributed by atoms with Crippen LogP contribution in [0, 0.1) is 0 Å². The molecule has 3 rings (SSSR count). The largest absolute Gasteiger partial charge is 0.490 e. The molecule has 1 heterocycles. The number of ether oxygens (including phenoxy) is 1. The summed E-state index contributed by atoms with van der Waals surface area (Å²) in [6, 6.07) is 6.30. The van der Waals surface area contributed by atoms with Crippen LogP contribution in [0.1, 0.15) is 25.7 Å². The van der Waals surface area contributed by atoms with Crippen LogP contribution in [0.25, 0.3) is 10.8 Å². The maximum Gasteiger partial charge on any atom is 0.129 e. The van der Waals surface area contributed by atoms with Crippen molar-refractivity contribution in [3.63, 3.8) is 0 Å². The van der Waals surface area contributed by atoms with Gasteiger partial charge in [0.15, 0.2) is 0 Å². The number of halogens is 1. The normalized spacial score (nSPS) is 22.2. The van der Waals surface area contributed by atoms with Crippen molar-refractivity contribution in [2.45, 2.75) is 37.8 Å². The highest BCUT2D eigenvalue weighted by Gasteiger charge is 2.20. The molecule has 0 spiro atoms. The second-order valence-electron chi connectivity index (χ2n) is 5.24. The van der Waals surface area contributed by atoms with Crippen molar-refractivity contribution in [2.75, 3.05) is 5.73 Å². The zero-order valence-electron chi connectivity index (χ0n) is 11.3. The van der Waals surface area contributed by atoms with E-state index in [-0.39, 0.29) is 18.5 Å². The van der Waals surface area contributed by atoms with Crippen LogP contribution in [0.3, 0.4) is 0 Å². The number of nitrogens with zero attached hydrogens (tertiary/aromatic N) is 1. The summed E-state index contributed by atoms with van der Waals surface area (Å²) in [6.07, 6.45) is 7.84. The van der Waals surface area contributed by atoms with E-state index in [0.717, 1.165) is 42.2 Å². The first kappa shape index (κ1) is 14.9. The lowest BCUT2D eigenvalue weighted by atomic mass is 9.93. The Labute approximate surface area is 124 Å². The molecular weight excluding hydrogens is 274 g/mol. The predicted octanol–water partition coefficient (Wildman–Crippen LogP) is 2.89. The zero-order valence-corrected chi connectivity index (χ0v) is 12.1. The van der Waals surface area contributed by atoms with Gasteiger partial charge in [0.2, 0.25) is 0 Å². The fraction of sp³-hybridized carbons (Fsp3) is 0.400. The van der Waals surface area contributed by atoms with Crippen LogP contribution >= 0.6 is 12.4 Å². The monoisotopic (exact) mass is 293 g/mol. The van der Waals surface area contributed by atoms with Crippen molar-refractivity contribution in [2.24, 2.45) is 5.73 Å². The third kappa shape index (κ3) is 2.97. The second kappa shape index (κ2) is 6.29. The summed E-state index contributed by atoms with van der Waals surface area (Å²) in [5.74, 6) is 0.859. The van der Waals surface area contributed by atoms with Crippen molar-refractivity contribution < 1.29 is 4.74 Å². The Morgan fingerprint density at radius 3 is 2.60 bits per heavy atom. The predicted molar refractivity (Wildman–Crippen MR) is 84.3 cm³/mol. The van der Waals surface area contributed by atoms with E-state index >= 15 is 0 Å². The van der Waals surface area contributed by atoms with Gasteiger partial charge in [-0.25, -0.2) is 0 Å². The summed E-state index contributed by atoms with van der Waals surface area (Å²) in [7, 11) is 0. The average molecular weight is 294 g/mol. The molecule has 108 valence electrons. The number of hydrogen-bond donors (Lipinski definition) is 2. The van der Waals surface area contributed by atoms with E-state index in [4.69, 9.17) is 16.2 Å². The molecule has 1 fully saturated rings. The van der Waals surface area contributed by atoms with Gasteiger partial charge in [0, 0.05) is 23.0 Å². The lowest BCUT2D eigenvalue weighted by Crippen LogP contribution is -2.31. The first-order valence-electron chi connectivity index (χ1n) is 6.78. The zero-order chi connectivity index (χ0) is 13.2. The van der Waals surface area contributed by atoms with E-state index in [1.807, 2.05) is 24.4 Å². The molecule has 1 saturated carbocycles. The van der Waals surface area contributed by atoms with Crippen LogP contribution in [-0.2, 0) is 0 Å². The molecule has 2 aromatic rings. The highest BCUT2D eigenvalue weighted by molar-refractivity contribution is 5.96. The molecule has 4 N–H and O–H groups in total. The lowest BCUT2D eigenvalue weighted by Gasteiger charge is -2.27. The van der Waals surface area contributed by atoms with Gasteiger partial charge < -0.3 is 16.2 Å². The summed E-state index contributed by atoms with van der Waals surface area (Å²) in [5.41, 5.74) is 12.6. The molecule has 5 heteroatoms. The highest BCUT2D eigenvalue weighted by atomic mass is 35.5. The third-order valence-electron chi connectivity index (χ3n) is 3.79. The summed E-state index contributed by atoms with van der Waals surface area (Å²) in [4.78, 5) is 4.11. The Balaban J connectivity index is 0.00000147. The smallest absolute Gasteiger partial charge is 0.129 e. The van der Waals surface area contributed by atoms with Gasteiger partial charge in [0.25, 0.3) is 0 Å². The van der Waals surface area contributed by atoms with Gasteiger partial charge in [0.05, 0.1) is 18.0 Å². The summed E-state index contributed by atoms with van der Waals surface area (Å²) in [6.45, 7) is 0. The standard InChI is InChI=1S/C15H19N3O.ClH/c16-11-4-6-12(7-5-11)19-14-3-1-2-10-8-18-9-13(17)15(10)14;/h1-3,8-9,11-12H,4-7,16-17H2;1H/t11-,12-;. The lowest BCUT2D eigenvalue weighted by molar-refractivity contribution is 0.149.